The summed E-state index contributed by atoms with van der Waals surface area (Å²) < 4.78 is 31.9. The van der Waals surface area contributed by atoms with Crippen molar-refractivity contribution in [1.82, 2.24) is 5.32 Å². The second kappa shape index (κ2) is 10.3. The number of carbonyl (C=O) groups is 1. The number of hydrogen-bond acceptors (Lipinski definition) is 6. The summed E-state index contributed by atoms with van der Waals surface area (Å²) in [6.07, 6.45) is -0.157. The SMILES string of the molecule is CC(C)Oc1cc(C(=O)N[C@@H](Cc2ccccc2)[C@H](O)CN)cc(N2CCCS2(=O)=O)c1. The second-order valence-electron chi connectivity index (χ2n) is 8.20. The number of ether oxygens (including phenoxy) is 1. The van der Waals surface area contributed by atoms with E-state index in [4.69, 9.17) is 10.5 Å². The van der Waals surface area contributed by atoms with Gasteiger partial charge in [0.15, 0.2) is 0 Å². The zero-order chi connectivity index (χ0) is 23.3. The smallest absolute Gasteiger partial charge is 0.251 e. The molecule has 2 aromatic carbocycles. The highest BCUT2D eigenvalue weighted by molar-refractivity contribution is 7.93. The average molecular weight is 462 g/mol. The normalized spacial score (nSPS) is 17.2. The molecule has 1 saturated heterocycles. The average Bonchev–Trinajstić information content (AvgIpc) is 3.11. The standard InChI is InChI=1S/C23H31N3O5S/c1-16(2)31-20-13-18(12-19(14-20)26-9-6-10-32(26,29)30)23(28)25-21(22(27)15-24)11-17-7-4-3-5-8-17/h3-5,7-8,12-14,16,21-22,27H,6,9-11,15,24H2,1-2H3,(H,25,28)/t21-,22+/m0/s1. The van der Waals surface area contributed by atoms with Gasteiger partial charge in [0, 0.05) is 24.7 Å². The summed E-state index contributed by atoms with van der Waals surface area (Å²) in [5.41, 5.74) is 7.26. The Morgan fingerprint density at radius 1 is 1.22 bits per heavy atom. The highest BCUT2D eigenvalue weighted by Gasteiger charge is 2.30. The summed E-state index contributed by atoms with van der Waals surface area (Å²) in [5, 5.41) is 13.3. The van der Waals surface area contributed by atoms with Crippen molar-refractivity contribution in [3.05, 3.63) is 59.7 Å². The predicted octanol–water partition coefficient (Wildman–Crippen LogP) is 1.67. The van der Waals surface area contributed by atoms with E-state index in [1.54, 1.807) is 18.2 Å². The van der Waals surface area contributed by atoms with E-state index in [2.05, 4.69) is 5.32 Å². The van der Waals surface area contributed by atoms with Gasteiger partial charge in [0.1, 0.15) is 5.75 Å². The maximum atomic E-state index is 13.1. The lowest BCUT2D eigenvalue weighted by Crippen LogP contribution is -2.47. The van der Waals surface area contributed by atoms with Crippen LogP contribution in [-0.4, -0.2) is 56.5 Å². The molecule has 0 aliphatic carbocycles. The lowest BCUT2D eigenvalue weighted by molar-refractivity contribution is 0.0845. The molecule has 1 amide bonds. The van der Waals surface area contributed by atoms with Crippen molar-refractivity contribution in [3.8, 4) is 5.75 Å². The minimum atomic E-state index is -3.42. The van der Waals surface area contributed by atoms with Crippen LogP contribution in [0, 0.1) is 0 Å². The van der Waals surface area contributed by atoms with Crippen molar-refractivity contribution < 1.29 is 23.1 Å². The fraction of sp³-hybridized carbons (Fsp3) is 0.435. The zero-order valence-electron chi connectivity index (χ0n) is 18.4. The number of aliphatic hydroxyl groups is 1. The monoisotopic (exact) mass is 461 g/mol. The number of nitrogens with one attached hydrogen (secondary N) is 1. The number of nitrogens with zero attached hydrogens (tertiary/aromatic N) is 1. The predicted molar refractivity (Wildman–Crippen MR) is 124 cm³/mol. The van der Waals surface area contributed by atoms with E-state index in [0.29, 0.717) is 30.8 Å². The Morgan fingerprint density at radius 2 is 1.94 bits per heavy atom. The molecule has 0 radical (unpaired) electrons. The Morgan fingerprint density at radius 3 is 2.53 bits per heavy atom. The Bertz CT molecular complexity index is 1030. The summed E-state index contributed by atoms with van der Waals surface area (Å²) in [6.45, 7) is 4.06. The second-order valence-corrected chi connectivity index (χ2v) is 10.2. The molecule has 1 aliphatic rings. The van der Waals surface area contributed by atoms with Crippen molar-refractivity contribution in [2.45, 2.75) is 44.9 Å². The van der Waals surface area contributed by atoms with Gasteiger partial charge in [-0.2, -0.15) is 0 Å². The lowest BCUT2D eigenvalue weighted by atomic mass is 10.0. The van der Waals surface area contributed by atoms with Crippen LogP contribution in [0.5, 0.6) is 5.75 Å². The molecule has 0 unspecified atom stereocenters. The molecule has 0 spiro atoms. The number of amides is 1. The first-order valence-electron chi connectivity index (χ1n) is 10.7. The van der Waals surface area contributed by atoms with Gasteiger partial charge in [0.05, 0.1) is 29.7 Å². The minimum Gasteiger partial charge on any atom is -0.491 e. The van der Waals surface area contributed by atoms with Gasteiger partial charge < -0.3 is 20.9 Å². The van der Waals surface area contributed by atoms with E-state index in [1.807, 2.05) is 44.2 Å². The molecule has 174 valence electrons. The largest absolute Gasteiger partial charge is 0.491 e. The van der Waals surface area contributed by atoms with Crippen molar-refractivity contribution >= 4 is 21.6 Å². The maximum Gasteiger partial charge on any atom is 0.251 e. The molecule has 9 heteroatoms. The number of aliphatic hydroxyl groups excluding tert-OH is 1. The van der Waals surface area contributed by atoms with E-state index in [-0.39, 0.29) is 24.0 Å². The number of hydrogen-bond donors (Lipinski definition) is 3. The molecule has 32 heavy (non-hydrogen) atoms. The Kier molecular flexibility index (Phi) is 7.76. The topological polar surface area (TPSA) is 122 Å². The third kappa shape index (κ3) is 5.99. The van der Waals surface area contributed by atoms with E-state index in [1.165, 1.54) is 4.31 Å². The van der Waals surface area contributed by atoms with Crippen LogP contribution in [-0.2, 0) is 16.4 Å². The van der Waals surface area contributed by atoms with Gasteiger partial charge in [-0.1, -0.05) is 30.3 Å². The first-order valence-corrected chi connectivity index (χ1v) is 12.4. The van der Waals surface area contributed by atoms with Crippen LogP contribution >= 0.6 is 0 Å². The molecule has 0 bridgehead atoms. The van der Waals surface area contributed by atoms with Crippen LogP contribution in [0.3, 0.4) is 0 Å². The molecule has 0 aromatic heterocycles. The Labute approximate surface area is 189 Å². The first kappa shape index (κ1) is 24.0. The highest BCUT2D eigenvalue weighted by atomic mass is 32.2. The Hall–Kier alpha value is -2.62. The highest BCUT2D eigenvalue weighted by Crippen LogP contribution is 2.30. The van der Waals surface area contributed by atoms with E-state index in [0.717, 1.165) is 5.56 Å². The Balaban J connectivity index is 1.90. The van der Waals surface area contributed by atoms with Crippen molar-refractivity contribution in [1.29, 1.82) is 0 Å². The van der Waals surface area contributed by atoms with Crippen LogP contribution in [0.1, 0.15) is 36.2 Å². The molecule has 3 rings (SSSR count). The van der Waals surface area contributed by atoms with Gasteiger partial charge in [0.2, 0.25) is 10.0 Å². The number of nitrogens with two attached hydrogens (primary N) is 1. The molecule has 1 fully saturated rings. The fourth-order valence-corrected chi connectivity index (χ4v) is 5.24. The summed E-state index contributed by atoms with van der Waals surface area (Å²) >= 11 is 0. The van der Waals surface area contributed by atoms with Crippen LogP contribution < -0.4 is 20.1 Å². The summed E-state index contributed by atoms with van der Waals surface area (Å²) in [4.78, 5) is 13.1. The number of carbonyl (C=O) groups excluding carboxylic acids is 1. The van der Waals surface area contributed by atoms with Gasteiger partial charge in [0.25, 0.3) is 5.91 Å². The first-order chi connectivity index (χ1) is 15.2. The van der Waals surface area contributed by atoms with E-state index < -0.39 is 28.1 Å². The summed E-state index contributed by atoms with van der Waals surface area (Å²) in [6, 6.07) is 13.6. The number of anilines is 1. The van der Waals surface area contributed by atoms with E-state index >= 15 is 0 Å². The van der Waals surface area contributed by atoms with Crippen molar-refractivity contribution in [2.24, 2.45) is 5.73 Å². The summed E-state index contributed by atoms with van der Waals surface area (Å²) in [5.74, 6) is 0.0419. The van der Waals surface area contributed by atoms with Gasteiger partial charge >= 0.3 is 0 Å². The lowest BCUT2D eigenvalue weighted by Gasteiger charge is -2.24. The number of rotatable bonds is 9. The van der Waals surface area contributed by atoms with Crippen LogP contribution in [0.2, 0.25) is 0 Å². The quantitative estimate of drug-likeness (QED) is 0.522. The molecule has 4 N–H and O–H groups in total. The van der Waals surface area contributed by atoms with Crippen LogP contribution in [0.4, 0.5) is 5.69 Å². The fourth-order valence-electron chi connectivity index (χ4n) is 3.70. The third-order valence-corrected chi connectivity index (χ3v) is 7.10. The van der Waals surface area contributed by atoms with Gasteiger partial charge in [-0.15, -0.1) is 0 Å². The van der Waals surface area contributed by atoms with E-state index in [9.17, 15) is 18.3 Å². The van der Waals surface area contributed by atoms with Gasteiger partial charge in [-0.05, 0) is 44.4 Å². The molecule has 2 aromatic rings. The molecular weight excluding hydrogens is 430 g/mol. The van der Waals surface area contributed by atoms with Gasteiger partial charge in [-0.3, -0.25) is 9.10 Å². The molecule has 1 heterocycles. The number of benzene rings is 2. The van der Waals surface area contributed by atoms with Gasteiger partial charge in [-0.25, -0.2) is 8.42 Å². The third-order valence-electron chi connectivity index (χ3n) is 5.23. The maximum absolute atomic E-state index is 13.1. The minimum absolute atomic E-state index is 0.00838. The van der Waals surface area contributed by atoms with Crippen LogP contribution in [0.25, 0.3) is 0 Å². The molecular formula is C23H31N3O5S. The molecule has 0 saturated carbocycles. The van der Waals surface area contributed by atoms with Crippen molar-refractivity contribution in [3.63, 3.8) is 0 Å². The van der Waals surface area contributed by atoms with Crippen LogP contribution in [0.15, 0.2) is 48.5 Å². The molecule has 8 nitrogen and oxygen atoms in total. The number of sulfonamides is 1. The molecule has 2 atom stereocenters. The van der Waals surface area contributed by atoms with Crippen molar-refractivity contribution in [2.75, 3.05) is 23.1 Å². The summed E-state index contributed by atoms with van der Waals surface area (Å²) in [7, 11) is -3.42. The molecule has 1 aliphatic heterocycles. The zero-order valence-corrected chi connectivity index (χ0v) is 19.2.